The van der Waals surface area contributed by atoms with E-state index in [0.717, 1.165) is 31.0 Å². The fourth-order valence-electron chi connectivity index (χ4n) is 6.66. The number of hydrogen-bond donors (Lipinski definition) is 2. The lowest BCUT2D eigenvalue weighted by Crippen LogP contribution is -2.54. The average molecular weight is 613 g/mol. The number of nitrogens with one attached hydrogen (secondary N) is 1. The van der Waals surface area contributed by atoms with Gasteiger partial charge in [-0.1, -0.05) is 0 Å². The molecule has 234 valence electrons. The number of rotatable bonds is 8. The second-order valence-corrected chi connectivity index (χ2v) is 15.2. The van der Waals surface area contributed by atoms with E-state index in [2.05, 4.69) is 24.1 Å². The van der Waals surface area contributed by atoms with Crippen LogP contribution in [0.25, 0.3) is 5.69 Å². The van der Waals surface area contributed by atoms with Crippen molar-refractivity contribution in [3.63, 3.8) is 0 Å². The Balaban J connectivity index is 1.21. The highest BCUT2D eigenvalue weighted by atomic mass is 32.2. The number of primary amides is 1. The summed E-state index contributed by atoms with van der Waals surface area (Å²) in [5.41, 5.74) is 9.34. The topological polar surface area (TPSA) is 137 Å². The summed E-state index contributed by atoms with van der Waals surface area (Å²) in [5.74, 6) is 0.0796. The molecule has 3 N–H and O–H groups in total. The van der Waals surface area contributed by atoms with Gasteiger partial charge in [-0.15, -0.1) is 0 Å². The number of carbonyl (C=O) groups is 2. The van der Waals surface area contributed by atoms with Crippen molar-refractivity contribution in [2.75, 3.05) is 58.2 Å². The SMILES string of the molecule is Cc1nn(-c2ccc(C(N)=O)c(NC3CCN(S(=O)(=O)N4CCN(C)CC4)CC3)c2)c2c1C(=O)N(CC1CC1)C(C)(C)C2. The van der Waals surface area contributed by atoms with Crippen LogP contribution in [0, 0.1) is 12.8 Å². The van der Waals surface area contributed by atoms with Gasteiger partial charge in [-0.05, 0) is 77.6 Å². The zero-order valence-electron chi connectivity index (χ0n) is 25.7. The van der Waals surface area contributed by atoms with E-state index in [-0.39, 0.29) is 17.5 Å². The first-order chi connectivity index (χ1) is 20.3. The van der Waals surface area contributed by atoms with Gasteiger partial charge in [0.05, 0.1) is 28.2 Å². The van der Waals surface area contributed by atoms with Crippen LogP contribution in [-0.4, -0.2) is 113 Å². The first-order valence-corrected chi connectivity index (χ1v) is 16.8. The summed E-state index contributed by atoms with van der Waals surface area (Å²) < 4.78 is 31.5. The van der Waals surface area contributed by atoms with Crippen LogP contribution >= 0.6 is 0 Å². The van der Waals surface area contributed by atoms with Gasteiger partial charge < -0.3 is 20.9 Å². The standard InChI is InChI=1S/C30H44N8O4S/c1-20-27-26(18-30(2,3)37(29(27)40)19-21-5-6-21)38(33-20)23-7-8-24(28(31)39)25(17-23)32-22-9-11-35(12-10-22)43(41,42)36-15-13-34(4)14-16-36/h7-8,17,21-22,32H,5-6,9-16,18-19H2,1-4H3,(H2,31,39). The number of fused-ring (bicyclic) bond motifs is 1. The maximum absolute atomic E-state index is 13.7. The lowest BCUT2D eigenvalue weighted by molar-refractivity contribution is 0.0487. The molecule has 1 saturated carbocycles. The van der Waals surface area contributed by atoms with Crippen molar-refractivity contribution >= 4 is 27.7 Å². The number of amides is 2. The number of benzene rings is 1. The summed E-state index contributed by atoms with van der Waals surface area (Å²) in [6.07, 6.45) is 4.23. The summed E-state index contributed by atoms with van der Waals surface area (Å²) in [6, 6.07) is 5.36. The highest BCUT2D eigenvalue weighted by molar-refractivity contribution is 7.86. The van der Waals surface area contributed by atoms with Crippen molar-refractivity contribution in [1.82, 2.24) is 28.2 Å². The minimum Gasteiger partial charge on any atom is -0.382 e. The number of aromatic nitrogens is 2. The number of hydrogen-bond acceptors (Lipinski definition) is 7. The summed E-state index contributed by atoms with van der Waals surface area (Å²) in [7, 11) is -1.50. The second kappa shape index (κ2) is 11.2. The summed E-state index contributed by atoms with van der Waals surface area (Å²) in [4.78, 5) is 30.2. The van der Waals surface area contributed by atoms with E-state index >= 15 is 0 Å². The molecule has 0 radical (unpaired) electrons. The predicted octanol–water partition coefficient (Wildman–Crippen LogP) is 1.84. The van der Waals surface area contributed by atoms with Crippen LogP contribution in [0.1, 0.15) is 71.6 Å². The number of nitrogens with zero attached hydrogens (tertiary/aromatic N) is 6. The van der Waals surface area contributed by atoms with Crippen molar-refractivity contribution in [2.45, 2.75) is 64.5 Å². The van der Waals surface area contributed by atoms with Crippen LogP contribution in [0.15, 0.2) is 18.2 Å². The Labute approximate surface area is 254 Å². The molecule has 2 saturated heterocycles. The molecule has 0 unspecified atom stereocenters. The normalized spacial score (nSPS) is 22.5. The zero-order valence-corrected chi connectivity index (χ0v) is 26.5. The third-order valence-corrected chi connectivity index (χ3v) is 11.6. The van der Waals surface area contributed by atoms with Crippen LogP contribution in [-0.2, 0) is 16.6 Å². The van der Waals surface area contributed by atoms with Gasteiger partial charge in [-0.2, -0.15) is 22.1 Å². The van der Waals surface area contributed by atoms with E-state index in [1.54, 1.807) is 14.7 Å². The molecular weight excluding hydrogens is 568 g/mol. The predicted molar refractivity (Wildman–Crippen MR) is 165 cm³/mol. The van der Waals surface area contributed by atoms with Gasteiger partial charge in [0.15, 0.2) is 0 Å². The summed E-state index contributed by atoms with van der Waals surface area (Å²) in [5, 5.41) is 8.29. The van der Waals surface area contributed by atoms with Gasteiger partial charge in [0.25, 0.3) is 22.0 Å². The maximum Gasteiger partial charge on any atom is 0.282 e. The Morgan fingerprint density at radius 1 is 1.05 bits per heavy atom. The molecular formula is C30H44N8O4S. The number of likely N-dealkylation sites (N-methyl/N-ethyl adjacent to an activating group) is 1. The van der Waals surface area contributed by atoms with Crippen molar-refractivity contribution in [3.8, 4) is 5.69 Å². The monoisotopic (exact) mass is 612 g/mol. The number of aryl methyl sites for hydroxylation is 1. The number of anilines is 1. The molecule has 1 aliphatic carbocycles. The van der Waals surface area contributed by atoms with Crippen LogP contribution in [0.2, 0.25) is 0 Å². The molecule has 12 nitrogen and oxygen atoms in total. The summed E-state index contributed by atoms with van der Waals surface area (Å²) in [6.45, 7) is 10.2. The Morgan fingerprint density at radius 3 is 2.33 bits per heavy atom. The van der Waals surface area contributed by atoms with Crippen LogP contribution in [0.5, 0.6) is 0 Å². The largest absolute Gasteiger partial charge is 0.382 e. The van der Waals surface area contributed by atoms with Gasteiger partial charge in [0.1, 0.15) is 0 Å². The molecule has 2 amide bonds. The molecule has 2 aromatic rings. The first kappa shape index (κ1) is 30.0. The highest BCUT2D eigenvalue weighted by Crippen LogP contribution is 2.38. The minimum atomic E-state index is -3.50. The molecule has 1 aromatic heterocycles. The Morgan fingerprint density at radius 2 is 1.70 bits per heavy atom. The van der Waals surface area contributed by atoms with Gasteiger partial charge in [0.2, 0.25) is 0 Å². The van der Waals surface area contributed by atoms with Crippen molar-refractivity contribution < 1.29 is 18.0 Å². The molecule has 0 atom stereocenters. The Kier molecular flexibility index (Phi) is 7.81. The number of piperazine rings is 1. The van der Waals surface area contributed by atoms with Gasteiger partial charge in [0, 0.05) is 69.5 Å². The first-order valence-electron chi connectivity index (χ1n) is 15.4. The smallest absolute Gasteiger partial charge is 0.282 e. The van der Waals surface area contributed by atoms with Crippen LogP contribution in [0.4, 0.5) is 5.69 Å². The van der Waals surface area contributed by atoms with E-state index in [1.165, 1.54) is 12.8 Å². The lowest BCUT2D eigenvalue weighted by atomic mass is 9.87. The van der Waals surface area contributed by atoms with E-state index < -0.39 is 16.1 Å². The molecule has 0 spiro atoms. The molecule has 0 bridgehead atoms. The van der Waals surface area contributed by atoms with Gasteiger partial charge in [-0.25, -0.2) is 4.68 Å². The molecule has 1 aromatic carbocycles. The fourth-order valence-corrected chi connectivity index (χ4v) is 8.29. The van der Waals surface area contributed by atoms with E-state index in [4.69, 9.17) is 10.8 Å². The number of piperidine rings is 1. The summed E-state index contributed by atoms with van der Waals surface area (Å²) >= 11 is 0. The molecule has 4 heterocycles. The zero-order chi connectivity index (χ0) is 30.7. The molecule has 3 aliphatic heterocycles. The van der Waals surface area contributed by atoms with Crippen molar-refractivity contribution in [2.24, 2.45) is 11.7 Å². The highest BCUT2D eigenvalue weighted by Gasteiger charge is 2.44. The molecule has 4 aliphatic rings. The van der Waals surface area contributed by atoms with E-state index in [0.29, 0.717) is 73.9 Å². The third kappa shape index (κ3) is 5.79. The average Bonchev–Trinajstić information content (AvgIpc) is 3.72. The molecule has 6 rings (SSSR count). The molecule has 43 heavy (non-hydrogen) atoms. The van der Waals surface area contributed by atoms with Crippen LogP contribution < -0.4 is 11.1 Å². The van der Waals surface area contributed by atoms with E-state index in [9.17, 15) is 18.0 Å². The van der Waals surface area contributed by atoms with Gasteiger partial charge in [-0.3, -0.25) is 9.59 Å². The van der Waals surface area contributed by atoms with Crippen LogP contribution in [0.3, 0.4) is 0 Å². The Bertz CT molecular complexity index is 1520. The molecule has 3 fully saturated rings. The second-order valence-electron chi connectivity index (χ2n) is 13.3. The fraction of sp³-hybridized carbons (Fsp3) is 0.633. The lowest BCUT2D eigenvalue weighted by Gasteiger charge is -2.42. The third-order valence-electron chi connectivity index (χ3n) is 9.53. The molecule has 13 heteroatoms. The van der Waals surface area contributed by atoms with Crippen molar-refractivity contribution in [3.05, 3.63) is 40.7 Å². The van der Waals surface area contributed by atoms with Crippen molar-refractivity contribution in [1.29, 1.82) is 0 Å². The van der Waals surface area contributed by atoms with Gasteiger partial charge >= 0.3 is 0 Å². The van der Waals surface area contributed by atoms with E-state index in [1.807, 2.05) is 35.7 Å². The number of nitrogens with two attached hydrogens (primary N) is 1. The quantitative estimate of drug-likeness (QED) is 0.464. The maximum atomic E-state index is 13.7. The number of carbonyl (C=O) groups excluding carboxylic acids is 2. The Hall–Kier alpha value is -3.00. The minimum absolute atomic E-state index is 0.0305.